The third-order valence-electron chi connectivity index (χ3n) is 5.22. The summed E-state index contributed by atoms with van der Waals surface area (Å²) in [6, 6.07) is 8.90. The van der Waals surface area contributed by atoms with Crippen molar-refractivity contribution in [1.82, 2.24) is 4.31 Å². The smallest absolute Gasteiger partial charge is 0.337 e. The van der Waals surface area contributed by atoms with E-state index in [0.29, 0.717) is 0 Å². The minimum atomic E-state index is -4.13. The summed E-state index contributed by atoms with van der Waals surface area (Å²) in [5.74, 6) is -1.03. The summed E-state index contributed by atoms with van der Waals surface area (Å²) < 4.78 is 48.2. The summed E-state index contributed by atoms with van der Waals surface area (Å²) in [5.41, 5.74) is -1.11. The van der Waals surface area contributed by atoms with Crippen LogP contribution < -0.4 is 14.2 Å². The number of sulfonamides is 1. The molecule has 0 aromatic heterocycles. The molecule has 0 bridgehead atoms. The Morgan fingerprint density at radius 1 is 1.00 bits per heavy atom. The fraction of sp³-hybridized carbons (Fsp3) is 0.364. The van der Waals surface area contributed by atoms with E-state index in [4.69, 9.17) is 18.9 Å². The Morgan fingerprint density at radius 2 is 1.56 bits per heavy atom. The van der Waals surface area contributed by atoms with Crippen molar-refractivity contribution >= 4 is 21.8 Å². The molecule has 0 amide bonds. The van der Waals surface area contributed by atoms with E-state index in [1.807, 2.05) is 6.92 Å². The molecule has 32 heavy (non-hydrogen) atoms. The van der Waals surface area contributed by atoms with Crippen LogP contribution in [0.1, 0.15) is 22.8 Å². The highest BCUT2D eigenvalue weighted by molar-refractivity contribution is 7.89. The van der Waals surface area contributed by atoms with Gasteiger partial charge in [0.25, 0.3) is 0 Å². The SMILES string of the molecule is CCOC(=O)C1(C(=O)c2cc(OC)c(OC)c(OC)c2)CN1S(=O)(=O)c1ccc(C)cc1. The standard InChI is InChI=1S/C22H25NO8S/c1-6-31-21(25)22(13-23(22)32(26,27)16-9-7-14(2)8-10-16)20(24)15-11-17(28-3)19(30-5)18(12-15)29-4/h7-12H,6,13H2,1-5H3. The molecule has 1 heterocycles. The first-order valence-electron chi connectivity index (χ1n) is 9.78. The molecule has 0 N–H and O–H groups in total. The summed E-state index contributed by atoms with van der Waals surface area (Å²) in [7, 11) is 0.0629. The van der Waals surface area contributed by atoms with E-state index in [9.17, 15) is 18.0 Å². The number of Topliss-reactive ketones (excluding diaryl/α,β-unsaturated/α-hetero) is 1. The lowest BCUT2D eigenvalue weighted by Crippen LogP contribution is -2.41. The summed E-state index contributed by atoms with van der Waals surface area (Å²) >= 11 is 0. The van der Waals surface area contributed by atoms with E-state index in [1.54, 1.807) is 19.1 Å². The number of hydrogen-bond donors (Lipinski definition) is 0. The second kappa shape index (κ2) is 8.79. The van der Waals surface area contributed by atoms with Crippen LogP contribution in [0.15, 0.2) is 41.3 Å². The number of rotatable bonds is 9. The molecule has 0 spiro atoms. The fourth-order valence-corrected chi connectivity index (χ4v) is 5.10. The van der Waals surface area contributed by atoms with Crippen molar-refractivity contribution in [3.05, 3.63) is 47.5 Å². The summed E-state index contributed by atoms with van der Waals surface area (Å²) in [6.45, 7) is 3.06. The van der Waals surface area contributed by atoms with E-state index >= 15 is 0 Å². The summed E-state index contributed by atoms with van der Waals surface area (Å²) in [4.78, 5) is 26.4. The summed E-state index contributed by atoms with van der Waals surface area (Å²) in [6.07, 6.45) is 0. The molecule has 1 saturated heterocycles. The molecule has 0 aliphatic carbocycles. The lowest BCUT2D eigenvalue weighted by molar-refractivity contribution is -0.145. The average Bonchev–Trinajstić information content (AvgIpc) is 3.56. The molecular weight excluding hydrogens is 438 g/mol. The van der Waals surface area contributed by atoms with Gasteiger partial charge in [0.05, 0.1) is 39.4 Å². The van der Waals surface area contributed by atoms with Gasteiger partial charge in [-0.15, -0.1) is 0 Å². The van der Waals surface area contributed by atoms with E-state index in [2.05, 4.69) is 0 Å². The molecule has 3 rings (SSSR count). The van der Waals surface area contributed by atoms with E-state index in [0.717, 1.165) is 9.87 Å². The van der Waals surface area contributed by atoms with Crippen molar-refractivity contribution in [2.45, 2.75) is 24.3 Å². The summed E-state index contributed by atoms with van der Waals surface area (Å²) in [5, 5.41) is 0. The maximum Gasteiger partial charge on any atom is 0.337 e. The molecule has 1 aliphatic heterocycles. The van der Waals surface area contributed by atoms with Crippen molar-refractivity contribution in [2.24, 2.45) is 0 Å². The molecule has 172 valence electrons. The number of carbonyl (C=O) groups excluding carboxylic acids is 2. The second-order valence-corrected chi connectivity index (χ2v) is 9.01. The van der Waals surface area contributed by atoms with E-state index in [1.165, 1.54) is 45.6 Å². The van der Waals surface area contributed by atoms with Gasteiger partial charge in [0.1, 0.15) is 0 Å². The van der Waals surface area contributed by atoms with Gasteiger partial charge in [-0.2, -0.15) is 4.31 Å². The maximum atomic E-state index is 13.6. The first kappa shape index (κ1) is 23.6. The zero-order chi connectivity index (χ0) is 23.7. The highest BCUT2D eigenvalue weighted by atomic mass is 32.2. The highest BCUT2D eigenvalue weighted by Crippen LogP contribution is 2.45. The predicted molar refractivity (Wildman–Crippen MR) is 115 cm³/mol. The maximum absolute atomic E-state index is 13.6. The van der Waals surface area contributed by atoms with E-state index in [-0.39, 0.29) is 40.9 Å². The molecule has 1 fully saturated rings. The molecular formula is C22H25NO8S. The number of ether oxygens (including phenoxy) is 4. The van der Waals surface area contributed by atoms with Gasteiger partial charge >= 0.3 is 5.97 Å². The monoisotopic (exact) mass is 463 g/mol. The predicted octanol–water partition coefficient (Wildman–Crippen LogP) is 2.21. The Bertz CT molecular complexity index is 1120. The zero-order valence-corrected chi connectivity index (χ0v) is 19.3. The van der Waals surface area contributed by atoms with Crippen molar-refractivity contribution in [3.63, 3.8) is 0 Å². The Morgan fingerprint density at radius 3 is 2.03 bits per heavy atom. The fourth-order valence-electron chi connectivity index (χ4n) is 3.45. The number of benzene rings is 2. The lowest BCUT2D eigenvalue weighted by Gasteiger charge is -2.18. The molecule has 10 heteroatoms. The van der Waals surface area contributed by atoms with Gasteiger partial charge in [-0.25, -0.2) is 13.2 Å². The Balaban J connectivity index is 2.09. The molecule has 2 unspecified atom stereocenters. The van der Waals surface area contributed by atoms with Gasteiger partial charge in [0, 0.05) is 5.56 Å². The minimum Gasteiger partial charge on any atom is -0.493 e. The Labute approximate surface area is 186 Å². The van der Waals surface area contributed by atoms with Crippen LogP contribution in [-0.4, -0.2) is 64.5 Å². The lowest BCUT2D eigenvalue weighted by atomic mass is 9.97. The van der Waals surface area contributed by atoms with Crippen LogP contribution in [0.25, 0.3) is 0 Å². The van der Waals surface area contributed by atoms with Crippen molar-refractivity contribution in [1.29, 1.82) is 0 Å². The van der Waals surface area contributed by atoms with Crippen LogP contribution in [-0.2, 0) is 19.6 Å². The molecule has 0 saturated carbocycles. The molecule has 9 nitrogen and oxygen atoms in total. The number of methoxy groups -OCH3 is 3. The number of aryl methyl sites for hydroxylation is 1. The second-order valence-electron chi connectivity index (χ2n) is 7.15. The van der Waals surface area contributed by atoms with Gasteiger partial charge in [0.15, 0.2) is 17.3 Å². The van der Waals surface area contributed by atoms with Gasteiger partial charge in [0.2, 0.25) is 21.3 Å². The van der Waals surface area contributed by atoms with E-state index < -0.39 is 27.3 Å². The van der Waals surface area contributed by atoms with Gasteiger partial charge < -0.3 is 18.9 Å². The molecule has 2 aromatic carbocycles. The largest absolute Gasteiger partial charge is 0.493 e. The molecule has 2 atom stereocenters. The number of nitrogens with zero attached hydrogens (tertiary/aromatic N) is 1. The highest BCUT2D eigenvalue weighted by Gasteiger charge is 2.70. The van der Waals surface area contributed by atoms with Crippen LogP contribution >= 0.6 is 0 Å². The first-order chi connectivity index (χ1) is 15.2. The van der Waals surface area contributed by atoms with Crippen LogP contribution in [0.5, 0.6) is 17.2 Å². The Hall–Kier alpha value is -3.11. The van der Waals surface area contributed by atoms with Crippen LogP contribution in [0.3, 0.4) is 0 Å². The minimum absolute atomic E-state index is 0.0124. The zero-order valence-electron chi connectivity index (χ0n) is 18.5. The number of hydrogen-bond acceptors (Lipinski definition) is 8. The van der Waals surface area contributed by atoms with Crippen molar-refractivity contribution < 1.29 is 37.0 Å². The number of ketones is 1. The van der Waals surface area contributed by atoms with Crippen molar-refractivity contribution in [3.8, 4) is 17.2 Å². The van der Waals surface area contributed by atoms with Crippen LogP contribution in [0.4, 0.5) is 0 Å². The quantitative estimate of drug-likeness (QED) is 0.241. The van der Waals surface area contributed by atoms with Crippen LogP contribution in [0.2, 0.25) is 0 Å². The Kier molecular flexibility index (Phi) is 6.47. The third-order valence-corrected chi connectivity index (χ3v) is 7.11. The number of esters is 1. The van der Waals surface area contributed by atoms with Crippen molar-refractivity contribution in [2.75, 3.05) is 34.5 Å². The number of carbonyl (C=O) groups is 2. The van der Waals surface area contributed by atoms with Gasteiger partial charge in [-0.05, 0) is 38.1 Å². The van der Waals surface area contributed by atoms with Gasteiger partial charge in [-0.1, -0.05) is 17.7 Å². The topological polar surface area (TPSA) is 108 Å². The van der Waals surface area contributed by atoms with Crippen LogP contribution in [0, 0.1) is 6.92 Å². The molecule has 0 radical (unpaired) electrons. The normalized spacial score (nSPS) is 19.7. The van der Waals surface area contributed by atoms with Gasteiger partial charge in [-0.3, -0.25) is 4.79 Å². The molecule has 2 aromatic rings. The molecule has 1 aliphatic rings. The average molecular weight is 464 g/mol. The first-order valence-corrected chi connectivity index (χ1v) is 11.2. The third kappa shape index (κ3) is 3.80.